The zero-order valence-corrected chi connectivity index (χ0v) is 9.58. The van der Waals surface area contributed by atoms with E-state index in [2.05, 4.69) is 20.9 Å². The largest absolute Gasteiger partial charge is 0.478 e. The van der Waals surface area contributed by atoms with Crippen molar-refractivity contribution in [2.45, 2.75) is 6.92 Å². The van der Waals surface area contributed by atoms with Crippen molar-refractivity contribution in [1.82, 2.24) is 4.98 Å². The molecule has 76 valence electrons. The lowest BCUT2D eigenvalue weighted by Gasteiger charge is -2.05. The van der Waals surface area contributed by atoms with Crippen LogP contribution >= 0.6 is 15.9 Å². The molecule has 0 amide bonds. The van der Waals surface area contributed by atoms with Crippen molar-refractivity contribution >= 4 is 32.8 Å². The minimum absolute atomic E-state index is 0.326. The van der Waals surface area contributed by atoms with Gasteiger partial charge in [-0.3, -0.25) is 4.98 Å². The van der Waals surface area contributed by atoms with E-state index in [1.807, 2.05) is 6.07 Å². The SMILES string of the molecule is Cc1cnc2cc(Br)ccc2c1C(=O)O. The van der Waals surface area contributed by atoms with Crippen molar-refractivity contribution in [3.8, 4) is 0 Å². The summed E-state index contributed by atoms with van der Waals surface area (Å²) in [6.07, 6.45) is 1.58. The predicted molar refractivity (Wildman–Crippen MR) is 61.1 cm³/mol. The van der Waals surface area contributed by atoms with Crippen molar-refractivity contribution in [3.63, 3.8) is 0 Å². The summed E-state index contributed by atoms with van der Waals surface area (Å²) in [5.74, 6) is -0.915. The van der Waals surface area contributed by atoms with Gasteiger partial charge in [-0.15, -0.1) is 0 Å². The first kappa shape index (κ1) is 10.1. The number of carbonyl (C=O) groups is 1. The molecular weight excluding hydrogens is 258 g/mol. The number of rotatable bonds is 1. The van der Waals surface area contributed by atoms with Gasteiger partial charge in [-0.2, -0.15) is 0 Å². The molecular formula is C11H8BrNO2. The molecule has 0 fully saturated rings. The van der Waals surface area contributed by atoms with Crippen LogP contribution in [0.15, 0.2) is 28.9 Å². The Bertz CT molecular complexity index is 552. The zero-order chi connectivity index (χ0) is 11.0. The Morgan fingerprint density at radius 1 is 1.47 bits per heavy atom. The fourth-order valence-corrected chi connectivity index (χ4v) is 1.90. The van der Waals surface area contributed by atoms with E-state index in [0.717, 1.165) is 4.47 Å². The minimum Gasteiger partial charge on any atom is -0.478 e. The van der Waals surface area contributed by atoms with Gasteiger partial charge < -0.3 is 5.11 Å². The van der Waals surface area contributed by atoms with Crippen LogP contribution in [0.2, 0.25) is 0 Å². The Morgan fingerprint density at radius 2 is 2.20 bits per heavy atom. The summed E-state index contributed by atoms with van der Waals surface area (Å²) in [6.45, 7) is 1.75. The van der Waals surface area contributed by atoms with Gasteiger partial charge in [0, 0.05) is 16.1 Å². The van der Waals surface area contributed by atoms with Gasteiger partial charge in [0.2, 0.25) is 0 Å². The molecule has 0 unspecified atom stereocenters. The number of fused-ring (bicyclic) bond motifs is 1. The van der Waals surface area contributed by atoms with Gasteiger partial charge in [-0.05, 0) is 24.6 Å². The summed E-state index contributed by atoms with van der Waals surface area (Å²) in [6, 6.07) is 5.39. The van der Waals surface area contributed by atoms with E-state index in [1.54, 1.807) is 25.3 Å². The third-order valence-corrected chi connectivity index (χ3v) is 2.73. The number of aromatic carboxylic acids is 1. The van der Waals surface area contributed by atoms with Gasteiger partial charge in [0.25, 0.3) is 0 Å². The molecule has 1 heterocycles. The summed E-state index contributed by atoms with van der Waals surface area (Å²) in [4.78, 5) is 15.3. The Morgan fingerprint density at radius 3 is 2.87 bits per heavy atom. The van der Waals surface area contributed by atoms with Gasteiger partial charge >= 0.3 is 5.97 Å². The molecule has 2 rings (SSSR count). The molecule has 0 spiro atoms. The van der Waals surface area contributed by atoms with Crippen LogP contribution in [0.5, 0.6) is 0 Å². The number of nitrogens with zero attached hydrogens (tertiary/aromatic N) is 1. The number of carboxylic acid groups (broad SMARTS) is 1. The van der Waals surface area contributed by atoms with E-state index < -0.39 is 5.97 Å². The molecule has 2 aromatic rings. The van der Waals surface area contributed by atoms with Gasteiger partial charge in [-0.25, -0.2) is 4.79 Å². The molecule has 15 heavy (non-hydrogen) atoms. The molecule has 0 bridgehead atoms. The number of aromatic nitrogens is 1. The molecule has 0 saturated heterocycles. The first-order valence-corrected chi connectivity index (χ1v) is 5.17. The molecule has 0 atom stereocenters. The van der Waals surface area contributed by atoms with E-state index in [-0.39, 0.29) is 0 Å². The Hall–Kier alpha value is -1.42. The van der Waals surface area contributed by atoms with E-state index in [0.29, 0.717) is 22.0 Å². The Labute approximate surface area is 94.9 Å². The topological polar surface area (TPSA) is 50.2 Å². The second-order valence-electron chi connectivity index (χ2n) is 3.28. The Balaban J connectivity index is 2.88. The molecule has 0 aliphatic rings. The summed E-state index contributed by atoms with van der Waals surface area (Å²) >= 11 is 3.33. The molecule has 1 aromatic carbocycles. The standard InChI is InChI=1S/C11H8BrNO2/c1-6-5-13-9-4-7(12)2-3-8(9)10(6)11(14)15/h2-5H,1H3,(H,14,15). The van der Waals surface area contributed by atoms with E-state index in [1.165, 1.54) is 0 Å². The van der Waals surface area contributed by atoms with Gasteiger partial charge in [0.05, 0.1) is 11.1 Å². The van der Waals surface area contributed by atoms with Crippen molar-refractivity contribution < 1.29 is 9.90 Å². The van der Waals surface area contributed by atoms with Crippen LogP contribution in [0.4, 0.5) is 0 Å². The summed E-state index contributed by atoms with van der Waals surface area (Å²) in [5, 5.41) is 9.77. The molecule has 0 aliphatic carbocycles. The van der Waals surface area contributed by atoms with Crippen molar-refractivity contribution in [1.29, 1.82) is 0 Å². The predicted octanol–water partition coefficient (Wildman–Crippen LogP) is 3.00. The van der Waals surface area contributed by atoms with Crippen LogP contribution < -0.4 is 0 Å². The smallest absolute Gasteiger partial charge is 0.336 e. The fourth-order valence-electron chi connectivity index (χ4n) is 1.55. The first-order chi connectivity index (χ1) is 7.09. The van der Waals surface area contributed by atoms with Crippen LogP contribution in [0.3, 0.4) is 0 Å². The molecule has 4 heteroatoms. The van der Waals surface area contributed by atoms with Crippen molar-refractivity contribution in [2.24, 2.45) is 0 Å². The number of aryl methyl sites for hydroxylation is 1. The summed E-state index contributed by atoms with van der Waals surface area (Å²) in [7, 11) is 0. The van der Waals surface area contributed by atoms with Crippen LogP contribution in [0.1, 0.15) is 15.9 Å². The van der Waals surface area contributed by atoms with Gasteiger partial charge in [0.1, 0.15) is 0 Å². The highest BCUT2D eigenvalue weighted by atomic mass is 79.9. The van der Waals surface area contributed by atoms with Gasteiger partial charge in [-0.1, -0.05) is 22.0 Å². The first-order valence-electron chi connectivity index (χ1n) is 4.38. The summed E-state index contributed by atoms with van der Waals surface area (Å²) in [5.41, 5.74) is 1.69. The lowest BCUT2D eigenvalue weighted by Crippen LogP contribution is -2.01. The quantitative estimate of drug-likeness (QED) is 0.863. The number of hydrogen-bond donors (Lipinski definition) is 1. The Kier molecular flexibility index (Phi) is 2.44. The summed E-state index contributed by atoms with van der Waals surface area (Å²) < 4.78 is 0.891. The van der Waals surface area contributed by atoms with Crippen LogP contribution in [-0.2, 0) is 0 Å². The molecule has 3 nitrogen and oxygen atoms in total. The van der Waals surface area contributed by atoms with E-state index in [9.17, 15) is 4.79 Å². The van der Waals surface area contributed by atoms with Crippen molar-refractivity contribution in [2.75, 3.05) is 0 Å². The second kappa shape index (κ2) is 3.62. The molecule has 0 aliphatic heterocycles. The van der Waals surface area contributed by atoms with Crippen LogP contribution in [-0.4, -0.2) is 16.1 Å². The highest BCUT2D eigenvalue weighted by molar-refractivity contribution is 9.10. The van der Waals surface area contributed by atoms with Crippen molar-refractivity contribution in [3.05, 3.63) is 40.0 Å². The lowest BCUT2D eigenvalue weighted by atomic mass is 10.1. The third kappa shape index (κ3) is 1.72. The normalized spacial score (nSPS) is 10.5. The average molecular weight is 266 g/mol. The molecule has 0 radical (unpaired) electrons. The zero-order valence-electron chi connectivity index (χ0n) is 7.99. The van der Waals surface area contributed by atoms with Crippen LogP contribution in [0.25, 0.3) is 10.9 Å². The fraction of sp³-hybridized carbons (Fsp3) is 0.0909. The second-order valence-corrected chi connectivity index (χ2v) is 4.20. The van der Waals surface area contributed by atoms with E-state index in [4.69, 9.17) is 5.11 Å². The van der Waals surface area contributed by atoms with Crippen LogP contribution in [0, 0.1) is 6.92 Å². The number of halogens is 1. The lowest BCUT2D eigenvalue weighted by molar-refractivity contribution is 0.0698. The average Bonchev–Trinajstić information content (AvgIpc) is 2.17. The monoisotopic (exact) mass is 265 g/mol. The maximum atomic E-state index is 11.1. The minimum atomic E-state index is -0.915. The number of carboxylic acids is 1. The maximum absolute atomic E-state index is 11.1. The highest BCUT2D eigenvalue weighted by Gasteiger charge is 2.12. The number of pyridine rings is 1. The molecule has 1 aromatic heterocycles. The van der Waals surface area contributed by atoms with Gasteiger partial charge in [0.15, 0.2) is 0 Å². The molecule has 1 N–H and O–H groups in total. The highest BCUT2D eigenvalue weighted by Crippen LogP contribution is 2.23. The third-order valence-electron chi connectivity index (χ3n) is 2.23. The molecule has 0 saturated carbocycles. The number of hydrogen-bond acceptors (Lipinski definition) is 2. The van der Waals surface area contributed by atoms with E-state index >= 15 is 0 Å². The maximum Gasteiger partial charge on any atom is 0.336 e. The number of benzene rings is 1.